The van der Waals surface area contributed by atoms with E-state index in [1.807, 2.05) is 20.8 Å². The first-order chi connectivity index (χ1) is 13.5. The Hall–Kier alpha value is -1.06. The fraction of sp³-hybridized carbons (Fsp3) is 0.810. The molecular weight excluding hydrogens is 464 g/mol. The smallest absolute Gasteiger partial charge is 0.408 e. The number of halogens is 1. The molecule has 2 heterocycles. The Labute approximate surface area is 190 Å². The molecule has 0 aliphatic carbocycles. The highest BCUT2D eigenvalue weighted by molar-refractivity contribution is 9.09. The van der Waals surface area contributed by atoms with E-state index in [4.69, 9.17) is 9.16 Å². The second-order valence-electron chi connectivity index (χ2n) is 11.0. The van der Waals surface area contributed by atoms with Crippen molar-refractivity contribution >= 4 is 36.2 Å². The van der Waals surface area contributed by atoms with E-state index in [1.54, 1.807) is 0 Å². The molecule has 0 aromatic carbocycles. The number of nitrogens with zero attached hydrogens (tertiary/aromatic N) is 2. The van der Waals surface area contributed by atoms with Gasteiger partial charge in [-0.05, 0) is 52.2 Å². The van der Waals surface area contributed by atoms with Crippen LogP contribution in [0.5, 0.6) is 0 Å². The molecule has 172 valence electrons. The van der Waals surface area contributed by atoms with Crippen molar-refractivity contribution in [3.63, 3.8) is 0 Å². The number of ether oxygens (including phenoxy) is 1. The van der Waals surface area contributed by atoms with E-state index in [1.165, 1.54) is 0 Å². The molecule has 9 heteroatoms. The van der Waals surface area contributed by atoms with Gasteiger partial charge >= 0.3 is 6.09 Å². The summed E-state index contributed by atoms with van der Waals surface area (Å²) < 4.78 is 11.7. The van der Waals surface area contributed by atoms with Crippen LogP contribution in [0.4, 0.5) is 10.6 Å². The fourth-order valence-corrected chi connectivity index (χ4v) is 4.60. The van der Waals surface area contributed by atoms with Crippen LogP contribution in [-0.2, 0) is 15.8 Å². The number of hydrogen-bond donors (Lipinski definition) is 2. The normalized spacial score (nSPS) is 23.4. The largest absolute Gasteiger partial charge is 0.444 e. The summed E-state index contributed by atoms with van der Waals surface area (Å²) in [5, 5.41) is 10.8. The van der Waals surface area contributed by atoms with Gasteiger partial charge in [-0.3, -0.25) is 5.10 Å². The molecule has 0 bridgehead atoms. The molecule has 2 N–H and O–H groups in total. The van der Waals surface area contributed by atoms with Crippen molar-refractivity contribution < 1.29 is 14.0 Å². The summed E-state index contributed by atoms with van der Waals surface area (Å²) >= 11 is 3.77. The predicted molar refractivity (Wildman–Crippen MR) is 128 cm³/mol. The Kier molecular flexibility index (Phi) is 7.41. The summed E-state index contributed by atoms with van der Waals surface area (Å²) in [5.74, 6) is 0.910. The number of amides is 1. The number of aromatic amines is 1. The zero-order chi connectivity index (χ0) is 23.0. The quantitative estimate of drug-likeness (QED) is 0.427. The molecule has 2 rings (SSSR count). The van der Waals surface area contributed by atoms with Crippen LogP contribution in [0.2, 0.25) is 18.1 Å². The summed E-state index contributed by atoms with van der Waals surface area (Å²) in [6.07, 6.45) is 0.401. The lowest BCUT2D eigenvalue weighted by Gasteiger charge is -2.44. The molecule has 1 fully saturated rings. The number of alkyl carbamates (subject to hydrolysis) is 1. The molecule has 1 aliphatic rings. The highest BCUT2D eigenvalue weighted by atomic mass is 79.9. The van der Waals surface area contributed by atoms with Crippen molar-refractivity contribution in [2.24, 2.45) is 0 Å². The SMILES string of the molecule is CC(C)(C)OC(=O)NC1(C)CCN(c2cc(CO[Si](C)(C)C(C)(C)C)[nH]n2)CC1Br. The van der Waals surface area contributed by atoms with Gasteiger partial charge in [-0.1, -0.05) is 36.7 Å². The number of carbonyl (C=O) groups excluding carboxylic acids is 1. The van der Waals surface area contributed by atoms with Crippen molar-refractivity contribution in [2.75, 3.05) is 18.0 Å². The maximum atomic E-state index is 12.3. The zero-order valence-electron chi connectivity index (χ0n) is 20.0. The van der Waals surface area contributed by atoms with E-state index in [0.717, 1.165) is 31.0 Å². The second kappa shape index (κ2) is 8.82. The van der Waals surface area contributed by atoms with Gasteiger partial charge in [-0.2, -0.15) is 5.10 Å². The van der Waals surface area contributed by atoms with Crippen LogP contribution in [0.3, 0.4) is 0 Å². The van der Waals surface area contributed by atoms with Gasteiger partial charge in [0.05, 0.1) is 22.7 Å². The number of alkyl halides is 1. The standard InChI is InChI=1S/C21H39BrN4O3Si/c1-19(2,3)29-18(27)23-21(7)10-11-26(13-16(21)22)17-12-15(24-25-17)14-28-30(8,9)20(4,5)6/h12,16H,10-11,13-14H2,1-9H3,(H,23,27)(H,24,25). The molecule has 1 aromatic rings. The van der Waals surface area contributed by atoms with Crippen LogP contribution >= 0.6 is 15.9 Å². The number of anilines is 1. The Morgan fingerprint density at radius 1 is 1.37 bits per heavy atom. The third-order valence-electron chi connectivity index (χ3n) is 6.10. The Balaban J connectivity index is 1.95. The minimum atomic E-state index is -1.80. The average molecular weight is 504 g/mol. The summed E-state index contributed by atoms with van der Waals surface area (Å²) in [6.45, 7) is 21.0. The first-order valence-corrected chi connectivity index (χ1v) is 14.4. The van der Waals surface area contributed by atoms with Crippen LogP contribution in [-0.4, -0.2) is 53.7 Å². The minimum absolute atomic E-state index is 0.0647. The maximum Gasteiger partial charge on any atom is 0.408 e. The molecule has 7 nitrogen and oxygen atoms in total. The highest BCUT2D eigenvalue weighted by Gasteiger charge is 2.41. The van der Waals surface area contributed by atoms with E-state index in [9.17, 15) is 4.79 Å². The number of H-pyrrole nitrogens is 1. The van der Waals surface area contributed by atoms with Crippen LogP contribution in [0.1, 0.15) is 60.6 Å². The van der Waals surface area contributed by atoms with Crippen molar-refractivity contribution in [3.8, 4) is 0 Å². The molecule has 1 aromatic heterocycles. The van der Waals surface area contributed by atoms with Gasteiger partial charge in [-0.25, -0.2) is 4.79 Å². The number of hydrogen-bond acceptors (Lipinski definition) is 5. The molecule has 2 atom stereocenters. The van der Waals surface area contributed by atoms with E-state index >= 15 is 0 Å². The fourth-order valence-electron chi connectivity index (χ4n) is 2.96. The first-order valence-electron chi connectivity index (χ1n) is 10.6. The molecular formula is C21H39BrN4O3Si. The van der Waals surface area contributed by atoms with Crippen molar-refractivity contribution in [1.82, 2.24) is 15.5 Å². The van der Waals surface area contributed by atoms with Gasteiger partial charge in [0.25, 0.3) is 0 Å². The molecule has 30 heavy (non-hydrogen) atoms. The first kappa shape index (κ1) is 25.2. The van der Waals surface area contributed by atoms with Gasteiger partial charge in [0.2, 0.25) is 0 Å². The molecule has 1 aliphatic heterocycles. The average Bonchev–Trinajstić information content (AvgIpc) is 3.02. The minimum Gasteiger partial charge on any atom is -0.444 e. The van der Waals surface area contributed by atoms with E-state index in [0.29, 0.717) is 6.61 Å². The number of aromatic nitrogens is 2. The summed E-state index contributed by atoms with van der Waals surface area (Å²) in [4.78, 5) is 14.6. The zero-order valence-corrected chi connectivity index (χ0v) is 22.6. The summed E-state index contributed by atoms with van der Waals surface area (Å²) in [5.41, 5.74) is 0.0887. The Morgan fingerprint density at radius 2 is 2.00 bits per heavy atom. The van der Waals surface area contributed by atoms with E-state index in [2.05, 4.69) is 83.2 Å². The lowest BCUT2D eigenvalue weighted by Crippen LogP contribution is -2.61. The molecule has 0 spiro atoms. The maximum absolute atomic E-state index is 12.3. The third-order valence-corrected chi connectivity index (χ3v) is 11.9. The third kappa shape index (κ3) is 6.47. The van der Waals surface area contributed by atoms with Crippen LogP contribution in [0, 0.1) is 0 Å². The van der Waals surface area contributed by atoms with Gasteiger partial charge < -0.3 is 19.4 Å². The molecule has 0 saturated carbocycles. The number of carbonyl (C=O) groups is 1. The lowest BCUT2D eigenvalue weighted by atomic mass is 9.89. The summed E-state index contributed by atoms with van der Waals surface area (Å²) in [6, 6.07) is 2.07. The van der Waals surface area contributed by atoms with Crippen LogP contribution < -0.4 is 10.2 Å². The highest BCUT2D eigenvalue weighted by Crippen LogP contribution is 2.37. The predicted octanol–water partition coefficient (Wildman–Crippen LogP) is 5.19. The topological polar surface area (TPSA) is 79.5 Å². The molecule has 1 saturated heterocycles. The molecule has 0 radical (unpaired) electrons. The van der Waals surface area contributed by atoms with Gasteiger partial charge in [0, 0.05) is 19.2 Å². The summed E-state index contributed by atoms with van der Waals surface area (Å²) in [7, 11) is -1.80. The number of nitrogens with one attached hydrogen (secondary N) is 2. The number of piperidine rings is 1. The Morgan fingerprint density at radius 3 is 2.53 bits per heavy atom. The van der Waals surface area contributed by atoms with Crippen molar-refractivity contribution in [1.29, 1.82) is 0 Å². The van der Waals surface area contributed by atoms with Crippen LogP contribution in [0.25, 0.3) is 0 Å². The van der Waals surface area contributed by atoms with Crippen LogP contribution in [0.15, 0.2) is 6.07 Å². The Bertz CT molecular complexity index is 741. The lowest BCUT2D eigenvalue weighted by molar-refractivity contribution is 0.0453. The molecule has 1 amide bonds. The van der Waals surface area contributed by atoms with Gasteiger partial charge in [-0.15, -0.1) is 0 Å². The molecule has 2 unspecified atom stereocenters. The second-order valence-corrected chi connectivity index (χ2v) is 16.9. The van der Waals surface area contributed by atoms with Crippen molar-refractivity contribution in [3.05, 3.63) is 11.8 Å². The van der Waals surface area contributed by atoms with Gasteiger partial charge in [0.15, 0.2) is 14.1 Å². The van der Waals surface area contributed by atoms with E-state index in [-0.39, 0.29) is 21.5 Å². The van der Waals surface area contributed by atoms with E-state index < -0.39 is 13.9 Å². The van der Waals surface area contributed by atoms with Crippen molar-refractivity contribution in [2.45, 2.75) is 95.6 Å². The monoisotopic (exact) mass is 502 g/mol. The number of rotatable bonds is 5. The van der Waals surface area contributed by atoms with Gasteiger partial charge in [0.1, 0.15) is 5.60 Å².